The third-order valence-corrected chi connectivity index (χ3v) is 3.36. The highest BCUT2D eigenvalue weighted by Crippen LogP contribution is 2.20. The van der Waals surface area contributed by atoms with Crippen LogP contribution in [0.3, 0.4) is 0 Å². The molecular formula is C18H20ClFN2O2. The van der Waals surface area contributed by atoms with Gasteiger partial charge in [0.15, 0.2) is 0 Å². The summed E-state index contributed by atoms with van der Waals surface area (Å²) in [6.45, 7) is 4.86. The lowest BCUT2D eigenvalue weighted by molar-refractivity contribution is -0.114. The minimum Gasteiger partial charge on any atom is -0.493 e. The fourth-order valence-electron chi connectivity index (χ4n) is 1.92. The van der Waals surface area contributed by atoms with Crippen molar-refractivity contribution in [2.45, 2.75) is 13.8 Å². The molecule has 2 rings (SSSR count). The standard InChI is InChI=1S/C18H20ClFN2O2/c1-12(2)11-24-15-5-3-4-13(8-15)21-10-18(23)22-14-6-7-17(20)16(19)9-14/h3-9,12,21H,10-11H2,1-2H3,(H,22,23). The molecule has 0 aliphatic heterocycles. The van der Waals surface area contributed by atoms with Crippen molar-refractivity contribution in [1.29, 1.82) is 0 Å². The number of amides is 1. The zero-order chi connectivity index (χ0) is 17.5. The van der Waals surface area contributed by atoms with E-state index in [1.807, 2.05) is 24.3 Å². The van der Waals surface area contributed by atoms with E-state index in [2.05, 4.69) is 24.5 Å². The highest BCUT2D eigenvalue weighted by Gasteiger charge is 2.06. The Bertz CT molecular complexity index is 707. The quantitative estimate of drug-likeness (QED) is 0.769. The van der Waals surface area contributed by atoms with Gasteiger partial charge in [0.1, 0.15) is 11.6 Å². The Balaban J connectivity index is 1.87. The van der Waals surface area contributed by atoms with Crippen molar-refractivity contribution in [2.75, 3.05) is 23.8 Å². The Morgan fingerprint density at radius 2 is 2.00 bits per heavy atom. The van der Waals surface area contributed by atoms with Crippen molar-refractivity contribution < 1.29 is 13.9 Å². The number of ether oxygens (including phenoxy) is 1. The second-order valence-corrected chi connectivity index (χ2v) is 6.17. The summed E-state index contributed by atoms with van der Waals surface area (Å²) in [5, 5.41) is 5.64. The van der Waals surface area contributed by atoms with Crippen molar-refractivity contribution in [1.82, 2.24) is 0 Å². The van der Waals surface area contributed by atoms with E-state index in [9.17, 15) is 9.18 Å². The molecule has 0 saturated carbocycles. The zero-order valence-electron chi connectivity index (χ0n) is 13.6. The van der Waals surface area contributed by atoms with Crippen LogP contribution < -0.4 is 15.4 Å². The highest BCUT2D eigenvalue weighted by molar-refractivity contribution is 6.31. The summed E-state index contributed by atoms with van der Waals surface area (Å²) in [7, 11) is 0. The van der Waals surface area contributed by atoms with E-state index in [4.69, 9.17) is 16.3 Å². The Hall–Kier alpha value is -2.27. The van der Waals surface area contributed by atoms with Crippen molar-refractivity contribution in [2.24, 2.45) is 5.92 Å². The molecule has 0 radical (unpaired) electrons. The predicted octanol–water partition coefficient (Wildman–Crippen LogP) is 4.56. The first-order chi connectivity index (χ1) is 11.4. The molecule has 2 aromatic rings. The first-order valence-electron chi connectivity index (χ1n) is 7.65. The molecule has 2 aromatic carbocycles. The summed E-state index contributed by atoms with van der Waals surface area (Å²) in [6.07, 6.45) is 0. The minimum absolute atomic E-state index is 0.0317. The molecule has 0 spiro atoms. The second-order valence-electron chi connectivity index (χ2n) is 5.76. The third-order valence-electron chi connectivity index (χ3n) is 3.07. The van der Waals surface area contributed by atoms with Crippen LogP contribution in [0.25, 0.3) is 0 Å². The molecule has 0 atom stereocenters. The molecule has 0 aromatic heterocycles. The van der Waals surface area contributed by atoms with E-state index < -0.39 is 5.82 Å². The van der Waals surface area contributed by atoms with E-state index in [-0.39, 0.29) is 17.5 Å². The van der Waals surface area contributed by atoms with Crippen LogP contribution in [0.4, 0.5) is 15.8 Å². The lowest BCUT2D eigenvalue weighted by atomic mass is 10.2. The molecule has 1 amide bonds. The van der Waals surface area contributed by atoms with Gasteiger partial charge in [0.05, 0.1) is 18.2 Å². The van der Waals surface area contributed by atoms with Crippen LogP contribution in [0.5, 0.6) is 5.75 Å². The van der Waals surface area contributed by atoms with E-state index in [0.29, 0.717) is 18.2 Å². The summed E-state index contributed by atoms with van der Waals surface area (Å²) in [5.41, 5.74) is 1.23. The number of halogens is 2. The lowest BCUT2D eigenvalue weighted by Crippen LogP contribution is -2.21. The van der Waals surface area contributed by atoms with Gasteiger partial charge < -0.3 is 15.4 Å². The van der Waals surface area contributed by atoms with Gasteiger partial charge in [-0.1, -0.05) is 31.5 Å². The fraction of sp³-hybridized carbons (Fsp3) is 0.278. The first-order valence-corrected chi connectivity index (χ1v) is 8.03. The van der Waals surface area contributed by atoms with Crippen LogP contribution in [-0.4, -0.2) is 19.1 Å². The summed E-state index contributed by atoms with van der Waals surface area (Å²) < 4.78 is 18.7. The van der Waals surface area contributed by atoms with Gasteiger partial charge in [0.2, 0.25) is 5.91 Å². The Morgan fingerprint density at radius 3 is 2.71 bits per heavy atom. The molecule has 0 unspecified atom stereocenters. The monoisotopic (exact) mass is 350 g/mol. The Morgan fingerprint density at radius 1 is 1.21 bits per heavy atom. The van der Waals surface area contributed by atoms with Gasteiger partial charge in [-0.3, -0.25) is 4.79 Å². The van der Waals surface area contributed by atoms with Crippen LogP contribution in [-0.2, 0) is 4.79 Å². The van der Waals surface area contributed by atoms with Crippen LogP contribution in [0.1, 0.15) is 13.8 Å². The highest BCUT2D eigenvalue weighted by atomic mass is 35.5. The number of anilines is 2. The van der Waals surface area contributed by atoms with E-state index in [1.54, 1.807) is 0 Å². The van der Waals surface area contributed by atoms with Crippen molar-refractivity contribution >= 4 is 28.9 Å². The van der Waals surface area contributed by atoms with Crippen molar-refractivity contribution in [3.05, 3.63) is 53.3 Å². The normalized spacial score (nSPS) is 10.5. The van der Waals surface area contributed by atoms with E-state index in [0.717, 1.165) is 11.4 Å². The van der Waals surface area contributed by atoms with Crippen molar-refractivity contribution in [3.63, 3.8) is 0 Å². The van der Waals surface area contributed by atoms with Crippen LogP contribution in [0.2, 0.25) is 5.02 Å². The molecular weight excluding hydrogens is 331 g/mol. The van der Waals surface area contributed by atoms with Crippen molar-refractivity contribution in [3.8, 4) is 5.75 Å². The van der Waals surface area contributed by atoms with E-state index in [1.165, 1.54) is 18.2 Å². The molecule has 0 bridgehead atoms. The summed E-state index contributed by atoms with van der Waals surface area (Å²) >= 11 is 5.68. The van der Waals surface area contributed by atoms with Crippen LogP contribution in [0, 0.1) is 11.7 Å². The molecule has 0 saturated heterocycles. The van der Waals surface area contributed by atoms with Gasteiger partial charge in [0, 0.05) is 17.4 Å². The smallest absolute Gasteiger partial charge is 0.243 e. The maximum Gasteiger partial charge on any atom is 0.243 e. The number of nitrogens with one attached hydrogen (secondary N) is 2. The lowest BCUT2D eigenvalue weighted by Gasteiger charge is -2.11. The number of carbonyl (C=O) groups excluding carboxylic acids is 1. The largest absolute Gasteiger partial charge is 0.493 e. The number of rotatable bonds is 7. The maximum absolute atomic E-state index is 13.1. The van der Waals surface area contributed by atoms with E-state index >= 15 is 0 Å². The average molecular weight is 351 g/mol. The van der Waals surface area contributed by atoms with Crippen LogP contribution >= 0.6 is 11.6 Å². The second kappa shape index (κ2) is 8.55. The summed E-state index contributed by atoms with van der Waals surface area (Å²) in [6, 6.07) is 11.5. The van der Waals surface area contributed by atoms with Gasteiger partial charge in [-0.05, 0) is 36.2 Å². The molecule has 0 aliphatic rings. The van der Waals surface area contributed by atoms with Gasteiger partial charge in [-0.2, -0.15) is 0 Å². The number of hydrogen-bond acceptors (Lipinski definition) is 3. The number of carbonyl (C=O) groups is 1. The molecule has 4 nitrogen and oxygen atoms in total. The average Bonchev–Trinajstić information content (AvgIpc) is 2.55. The number of benzene rings is 2. The molecule has 0 heterocycles. The molecule has 24 heavy (non-hydrogen) atoms. The van der Waals surface area contributed by atoms with Gasteiger partial charge in [0.25, 0.3) is 0 Å². The topological polar surface area (TPSA) is 50.4 Å². The van der Waals surface area contributed by atoms with Gasteiger partial charge in [-0.25, -0.2) is 4.39 Å². The first kappa shape index (κ1) is 18.1. The minimum atomic E-state index is -0.522. The molecule has 0 fully saturated rings. The SMILES string of the molecule is CC(C)COc1cccc(NCC(=O)Nc2ccc(F)c(Cl)c2)c1. The molecule has 128 valence electrons. The summed E-state index contributed by atoms with van der Waals surface area (Å²) in [4.78, 5) is 11.9. The molecule has 0 aliphatic carbocycles. The van der Waals surface area contributed by atoms with Crippen LogP contribution in [0.15, 0.2) is 42.5 Å². The van der Waals surface area contributed by atoms with Gasteiger partial charge >= 0.3 is 0 Å². The van der Waals surface area contributed by atoms with Gasteiger partial charge in [-0.15, -0.1) is 0 Å². The predicted molar refractivity (Wildman–Crippen MR) is 95.3 cm³/mol. The fourth-order valence-corrected chi connectivity index (χ4v) is 2.10. The number of hydrogen-bond donors (Lipinski definition) is 2. The summed E-state index contributed by atoms with van der Waals surface area (Å²) in [5.74, 6) is 0.409. The molecule has 2 N–H and O–H groups in total. The Labute approximate surface area is 146 Å². The maximum atomic E-state index is 13.1. The third kappa shape index (κ3) is 5.74. The zero-order valence-corrected chi connectivity index (χ0v) is 14.4. The Kier molecular flexibility index (Phi) is 6.44. The molecule has 6 heteroatoms.